The van der Waals surface area contributed by atoms with E-state index in [4.69, 9.17) is 5.73 Å². The van der Waals surface area contributed by atoms with Crippen LogP contribution in [0.1, 0.15) is 11.1 Å². The van der Waals surface area contributed by atoms with E-state index in [2.05, 4.69) is 15.9 Å². The van der Waals surface area contributed by atoms with Gasteiger partial charge in [0.25, 0.3) is 0 Å². The van der Waals surface area contributed by atoms with Crippen LogP contribution in [0.2, 0.25) is 0 Å². The molecule has 0 atom stereocenters. The summed E-state index contributed by atoms with van der Waals surface area (Å²) in [7, 11) is 0. The molecule has 0 aliphatic rings. The van der Waals surface area contributed by atoms with Gasteiger partial charge in [0.15, 0.2) is 0 Å². The van der Waals surface area contributed by atoms with E-state index < -0.39 is 0 Å². The molecule has 0 amide bonds. The number of rotatable bonds is 2. The molecule has 0 aromatic heterocycles. The fourth-order valence-corrected chi connectivity index (χ4v) is 1.74. The molecule has 0 fully saturated rings. The molecular weight excluding hydrogens is 221 g/mol. The second-order valence-electron chi connectivity index (χ2n) is 2.72. The second kappa shape index (κ2) is 4.01. The molecule has 12 heavy (non-hydrogen) atoms. The van der Waals surface area contributed by atoms with Gasteiger partial charge >= 0.3 is 0 Å². The fraction of sp³-hybridized carbons (Fsp3) is 0.333. The molecule has 0 saturated heterocycles. The lowest BCUT2D eigenvalue weighted by Gasteiger charge is -2.06. The van der Waals surface area contributed by atoms with Crippen LogP contribution in [0.5, 0.6) is 0 Å². The monoisotopic (exact) mass is 231 g/mol. The normalized spacial score (nSPS) is 10.3. The molecule has 0 spiro atoms. The standard InChI is InChI=1S/C9H11BrFN/c1-6-4-7(10)5-9(11)8(6)2-3-12/h4-5H,2-3,12H2,1H3. The molecule has 1 nitrogen and oxygen atoms in total. The Labute approximate surface area is 79.9 Å². The Kier molecular flexibility index (Phi) is 3.23. The summed E-state index contributed by atoms with van der Waals surface area (Å²) in [6.07, 6.45) is 0.602. The molecule has 0 radical (unpaired) electrons. The van der Waals surface area contributed by atoms with Gasteiger partial charge in [-0.25, -0.2) is 4.39 Å². The summed E-state index contributed by atoms with van der Waals surface area (Å²) in [5, 5.41) is 0. The highest BCUT2D eigenvalue weighted by Gasteiger charge is 2.05. The minimum Gasteiger partial charge on any atom is -0.330 e. The molecule has 0 aliphatic carbocycles. The number of hydrogen-bond acceptors (Lipinski definition) is 1. The van der Waals surface area contributed by atoms with E-state index in [0.717, 1.165) is 15.6 Å². The van der Waals surface area contributed by atoms with Gasteiger partial charge in [-0.05, 0) is 43.1 Å². The number of halogens is 2. The molecule has 1 aromatic carbocycles. The lowest BCUT2D eigenvalue weighted by molar-refractivity contribution is 0.606. The van der Waals surface area contributed by atoms with Crippen molar-refractivity contribution < 1.29 is 4.39 Å². The maximum absolute atomic E-state index is 13.2. The van der Waals surface area contributed by atoms with Gasteiger partial charge in [0.2, 0.25) is 0 Å². The smallest absolute Gasteiger partial charge is 0.127 e. The zero-order chi connectivity index (χ0) is 9.14. The summed E-state index contributed by atoms with van der Waals surface area (Å²) in [4.78, 5) is 0. The summed E-state index contributed by atoms with van der Waals surface area (Å²) in [5.41, 5.74) is 7.03. The van der Waals surface area contributed by atoms with Crippen molar-refractivity contribution in [3.63, 3.8) is 0 Å². The molecular formula is C9H11BrFN. The molecule has 0 saturated carbocycles. The van der Waals surface area contributed by atoms with E-state index in [9.17, 15) is 4.39 Å². The van der Waals surface area contributed by atoms with Crippen molar-refractivity contribution in [2.24, 2.45) is 5.73 Å². The third-order valence-corrected chi connectivity index (χ3v) is 2.24. The quantitative estimate of drug-likeness (QED) is 0.832. The Morgan fingerprint density at radius 2 is 2.17 bits per heavy atom. The van der Waals surface area contributed by atoms with Gasteiger partial charge in [-0.3, -0.25) is 0 Å². The first-order valence-electron chi connectivity index (χ1n) is 3.79. The van der Waals surface area contributed by atoms with E-state index in [-0.39, 0.29) is 5.82 Å². The van der Waals surface area contributed by atoms with E-state index in [0.29, 0.717) is 13.0 Å². The van der Waals surface area contributed by atoms with Gasteiger partial charge in [0.1, 0.15) is 5.82 Å². The first-order chi connectivity index (χ1) is 5.65. The average molecular weight is 232 g/mol. The summed E-state index contributed by atoms with van der Waals surface area (Å²) < 4.78 is 14.0. The molecule has 66 valence electrons. The van der Waals surface area contributed by atoms with Gasteiger partial charge in [-0.2, -0.15) is 0 Å². The summed E-state index contributed by atoms with van der Waals surface area (Å²) in [6, 6.07) is 3.37. The highest BCUT2D eigenvalue weighted by atomic mass is 79.9. The molecule has 2 N–H and O–H groups in total. The van der Waals surface area contributed by atoms with Crippen LogP contribution in [0.15, 0.2) is 16.6 Å². The molecule has 1 aromatic rings. The Morgan fingerprint density at radius 3 is 2.67 bits per heavy atom. The minimum atomic E-state index is -0.174. The molecule has 3 heteroatoms. The van der Waals surface area contributed by atoms with Crippen LogP contribution in [0.25, 0.3) is 0 Å². The zero-order valence-corrected chi connectivity index (χ0v) is 8.49. The first-order valence-corrected chi connectivity index (χ1v) is 4.59. The van der Waals surface area contributed by atoms with Crippen molar-refractivity contribution in [3.8, 4) is 0 Å². The van der Waals surface area contributed by atoms with Crippen LogP contribution in [0.3, 0.4) is 0 Å². The molecule has 1 rings (SSSR count). The number of benzene rings is 1. The van der Waals surface area contributed by atoms with Gasteiger partial charge in [-0.15, -0.1) is 0 Å². The van der Waals surface area contributed by atoms with Gasteiger partial charge < -0.3 is 5.73 Å². The van der Waals surface area contributed by atoms with Gasteiger partial charge in [0.05, 0.1) is 0 Å². The Morgan fingerprint density at radius 1 is 1.50 bits per heavy atom. The van der Waals surface area contributed by atoms with E-state index in [1.165, 1.54) is 6.07 Å². The molecule has 0 bridgehead atoms. The summed E-state index contributed by atoms with van der Waals surface area (Å²) in [5.74, 6) is -0.174. The van der Waals surface area contributed by atoms with Crippen LogP contribution in [0.4, 0.5) is 4.39 Å². The van der Waals surface area contributed by atoms with Gasteiger partial charge in [-0.1, -0.05) is 15.9 Å². The maximum Gasteiger partial charge on any atom is 0.127 e. The largest absolute Gasteiger partial charge is 0.330 e. The topological polar surface area (TPSA) is 26.0 Å². The van der Waals surface area contributed by atoms with E-state index in [1.807, 2.05) is 13.0 Å². The lowest BCUT2D eigenvalue weighted by atomic mass is 10.1. The first kappa shape index (κ1) is 9.68. The van der Waals surface area contributed by atoms with Crippen molar-refractivity contribution in [3.05, 3.63) is 33.5 Å². The van der Waals surface area contributed by atoms with Crippen molar-refractivity contribution in [1.29, 1.82) is 0 Å². The van der Waals surface area contributed by atoms with Crippen molar-refractivity contribution in [1.82, 2.24) is 0 Å². The van der Waals surface area contributed by atoms with Gasteiger partial charge in [0, 0.05) is 4.47 Å². The predicted octanol–water partition coefficient (Wildman–Crippen LogP) is 2.40. The third-order valence-electron chi connectivity index (χ3n) is 1.78. The Hall–Kier alpha value is -0.410. The summed E-state index contributed by atoms with van der Waals surface area (Å²) in [6.45, 7) is 2.37. The SMILES string of the molecule is Cc1cc(Br)cc(F)c1CCN. The zero-order valence-electron chi connectivity index (χ0n) is 6.90. The van der Waals surface area contributed by atoms with Crippen LogP contribution in [0, 0.1) is 12.7 Å². The van der Waals surface area contributed by atoms with Crippen LogP contribution in [-0.4, -0.2) is 6.54 Å². The molecule has 0 aliphatic heterocycles. The maximum atomic E-state index is 13.2. The molecule has 0 unspecified atom stereocenters. The average Bonchev–Trinajstić information content (AvgIpc) is 1.96. The van der Waals surface area contributed by atoms with Crippen LogP contribution < -0.4 is 5.73 Å². The van der Waals surface area contributed by atoms with Crippen LogP contribution in [-0.2, 0) is 6.42 Å². The van der Waals surface area contributed by atoms with Crippen LogP contribution >= 0.6 is 15.9 Å². The fourth-order valence-electron chi connectivity index (χ4n) is 1.19. The third kappa shape index (κ3) is 2.05. The highest BCUT2D eigenvalue weighted by molar-refractivity contribution is 9.10. The molecule has 0 heterocycles. The van der Waals surface area contributed by atoms with Crippen molar-refractivity contribution >= 4 is 15.9 Å². The van der Waals surface area contributed by atoms with Crippen molar-refractivity contribution in [2.45, 2.75) is 13.3 Å². The number of aryl methyl sites for hydroxylation is 1. The van der Waals surface area contributed by atoms with E-state index in [1.54, 1.807) is 0 Å². The highest BCUT2D eigenvalue weighted by Crippen LogP contribution is 2.19. The second-order valence-corrected chi connectivity index (χ2v) is 3.64. The number of nitrogens with two attached hydrogens (primary N) is 1. The summed E-state index contributed by atoms with van der Waals surface area (Å²) >= 11 is 3.23. The Balaban J connectivity index is 3.10. The number of hydrogen-bond donors (Lipinski definition) is 1. The predicted molar refractivity (Wildman–Crippen MR) is 51.6 cm³/mol. The minimum absolute atomic E-state index is 0.174. The van der Waals surface area contributed by atoms with Crippen molar-refractivity contribution in [2.75, 3.05) is 6.54 Å². The van der Waals surface area contributed by atoms with E-state index >= 15 is 0 Å². The Bertz CT molecular complexity index is 263. The lowest BCUT2D eigenvalue weighted by Crippen LogP contribution is -2.06.